The summed E-state index contributed by atoms with van der Waals surface area (Å²) in [6, 6.07) is 5.20. The van der Waals surface area contributed by atoms with Gasteiger partial charge in [-0.15, -0.1) is 0 Å². The first-order chi connectivity index (χ1) is 23.1. The maximum atomic E-state index is 13.5. The predicted octanol–water partition coefficient (Wildman–Crippen LogP) is 2.27. The molecule has 0 aliphatic heterocycles. The molecule has 0 saturated carbocycles. The molecule has 6 atom stereocenters. The van der Waals surface area contributed by atoms with Crippen LogP contribution in [0.3, 0.4) is 0 Å². The molecule has 0 spiro atoms. The average molecular weight is 705 g/mol. The molecule has 282 valence electrons. The van der Waals surface area contributed by atoms with Crippen LogP contribution >= 0.6 is 0 Å². The van der Waals surface area contributed by atoms with Gasteiger partial charge in [-0.25, -0.2) is 4.79 Å². The lowest BCUT2D eigenvalue weighted by Gasteiger charge is -2.30. The molecule has 1 aromatic rings. The van der Waals surface area contributed by atoms with E-state index >= 15 is 0 Å². The van der Waals surface area contributed by atoms with Gasteiger partial charge in [-0.05, 0) is 56.9 Å². The third-order valence-electron chi connectivity index (χ3n) is 7.78. The van der Waals surface area contributed by atoms with E-state index < -0.39 is 83.9 Å². The fraction of sp³-hybridized carbons (Fsp3) is 0.667. The Morgan fingerprint density at radius 3 is 1.80 bits per heavy atom. The zero-order chi connectivity index (χ0) is 38.3. The van der Waals surface area contributed by atoms with Crippen LogP contribution in [0.2, 0.25) is 0 Å². The van der Waals surface area contributed by atoms with Crippen molar-refractivity contribution in [2.24, 2.45) is 29.4 Å². The van der Waals surface area contributed by atoms with Gasteiger partial charge in [0, 0.05) is 12.5 Å². The molecule has 1 rings (SSSR count). The number of carbonyl (C=O) groups is 6. The van der Waals surface area contributed by atoms with Crippen molar-refractivity contribution in [3.8, 4) is 0 Å². The monoisotopic (exact) mass is 704 g/mol. The molecule has 0 fully saturated rings. The molecular weight excluding hydrogens is 644 g/mol. The number of amides is 6. The van der Waals surface area contributed by atoms with E-state index in [1.54, 1.807) is 41.5 Å². The minimum absolute atomic E-state index is 0.00486. The standard InChI is InChI=1S/C36H60N6O8/c1-20(2)16-25(27(43)17-23(7)31(45)41-29(21(3)4)33(47)38-19-24-14-12-11-13-15-24)39-32(46)26(18-28(37)44)40-34(48)30(22(5)6)42-35(49)50-36(8,9)10/h11-15,20-23,25-27,29-30,43H,16-19H2,1-10H3,(H2,37,44)(H,38,47)(H,39,46)(H,40,48)(H,41,45)(H,42,49)/t23-,25+,26+,27+,29+,30+/m1/s1. The molecule has 0 bridgehead atoms. The van der Waals surface area contributed by atoms with Crippen LogP contribution in [0.25, 0.3) is 0 Å². The summed E-state index contributed by atoms with van der Waals surface area (Å²) >= 11 is 0. The largest absolute Gasteiger partial charge is 0.444 e. The second-order valence-corrected chi connectivity index (χ2v) is 15.0. The molecule has 50 heavy (non-hydrogen) atoms. The van der Waals surface area contributed by atoms with E-state index in [0.717, 1.165) is 5.56 Å². The number of aliphatic hydroxyl groups excluding tert-OH is 1. The van der Waals surface area contributed by atoms with Gasteiger partial charge in [-0.2, -0.15) is 0 Å². The minimum Gasteiger partial charge on any atom is -0.444 e. The van der Waals surface area contributed by atoms with Crippen LogP contribution in [0.1, 0.15) is 94.1 Å². The number of nitrogens with two attached hydrogens (primary N) is 1. The number of hydrogen-bond donors (Lipinski definition) is 7. The van der Waals surface area contributed by atoms with Crippen molar-refractivity contribution in [1.82, 2.24) is 26.6 Å². The maximum absolute atomic E-state index is 13.5. The molecule has 14 nitrogen and oxygen atoms in total. The van der Waals surface area contributed by atoms with Crippen molar-refractivity contribution in [1.29, 1.82) is 0 Å². The first kappa shape index (κ1) is 43.8. The summed E-state index contributed by atoms with van der Waals surface area (Å²) in [5.74, 6) is -4.50. The third-order valence-corrected chi connectivity index (χ3v) is 7.78. The van der Waals surface area contributed by atoms with Gasteiger partial charge in [-0.3, -0.25) is 24.0 Å². The summed E-state index contributed by atoms with van der Waals surface area (Å²) in [5.41, 5.74) is 5.52. The Labute approximate surface area is 296 Å². The van der Waals surface area contributed by atoms with E-state index in [-0.39, 0.29) is 24.2 Å². The molecule has 1 aromatic carbocycles. The Kier molecular flexibility index (Phi) is 17.9. The van der Waals surface area contributed by atoms with Crippen molar-refractivity contribution in [3.63, 3.8) is 0 Å². The number of aliphatic hydroxyl groups is 1. The fourth-order valence-electron chi connectivity index (χ4n) is 5.10. The van der Waals surface area contributed by atoms with Gasteiger partial charge in [0.1, 0.15) is 23.7 Å². The first-order valence-corrected chi connectivity index (χ1v) is 17.3. The summed E-state index contributed by atoms with van der Waals surface area (Å²) < 4.78 is 5.26. The lowest BCUT2D eigenvalue weighted by atomic mass is 9.91. The van der Waals surface area contributed by atoms with Crippen LogP contribution in [-0.4, -0.2) is 76.6 Å². The zero-order valence-corrected chi connectivity index (χ0v) is 31.3. The van der Waals surface area contributed by atoms with E-state index in [2.05, 4.69) is 26.6 Å². The SMILES string of the molecule is CC(C)C[C@H](NC(=O)[C@H](CC(N)=O)NC(=O)[C@@H](NC(=O)OC(C)(C)C)C(C)C)[C@@H](O)C[C@@H](C)C(=O)N[C@H](C(=O)NCc1ccccc1)C(C)C. The molecule has 0 aliphatic rings. The summed E-state index contributed by atoms with van der Waals surface area (Å²) in [4.78, 5) is 77.3. The number of hydrogen-bond acceptors (Lipinski definition) is 8. The Bertz CT molecular complexity index is 1280. The van der Waals surface area contributed by atoms with Crippen LogP contribution in [0.5, 0.6) is 0 Å². The summed E-state index contributed by atoms with van der Waals surface area (Å²) in [5, 5.41) is 24.7. The van der Waals surface area contributed by atoms with E-state index in [0.29, 0.717) is 13.0 Å². The van der Waals surface area contributed by atoms with Gasteiger partial charge >= 0.3 is 6.09 Å². The number of alkyl carbamates (subject to hydrolysis) is 1. The smallest absolute Gasteiger partial charge is 0.408 e. The van der Waals surface area contributed by atoms with Crippen LogP contribution in [0.4, 0.5) is 4.79 Å². The van der Waals surface area contributed by atoms with Gasteiger partial charge in [0.15, 0.2) is 0 Å². The van der Waals surface area contributed by atoms with Crippen LogP contribution < -0.4 is 32.3 Å². The summed E-state index contributed by atoms with van der Waals surface area (Å²) in [6.45, 7) is 17.7. The maximum Gasteiger partial charge on any atom is 0.408 e. The minimum atomic E-state index is -1.41. The highest BCUT2D eigenvalue weighted by atomic mass is 16.6. The summed E-state index contributed by atoms with van der Waals surface area (Å²) in [7, 11) is 0. The van der Waals surface area contributed by atoms with E-state index in [9.17, 15) is 33.9 Å². The Morgan fingerprint density at radius 1 is 0.740 bits per heavy atom. The number of ether oxygens (including phenoxy) is 1. The number of carbonyl (C=O) groups excluding carboxylic acids is 6. The molecule has 0 aromatic heterocycles. The van der Waals surface area contributed by atoms with Crippen LogP contribution in [0, 0.1) is 23.7 Å². The number of rotatable bonds is 19. The van der Waals surface area contributed by atoms with Crippen molar-refractivity contribution < 1.29 is 38.6 Å². The predicted molar refractivity (Wildman–Crippen MR) is 190 cm³/mol. The molecule has 0 aliphatic carbocycles. The number of benzene rings is 1. The Morgan fingerprint density at radius 2 is 1.30 bits per heavy atom. The molecular formula is C36H60N6O8. The molecule has 0 unspecified atom stereocenters. The highest BCUT2D eigenvalue weighted by molar-refractivity contribution is 5.94. The second kappa shape index (κ2) is 20.5. The van der Waals surface area contributed by atoms with Crippen LogP contribution in [0.15, 0.2) is 30.3 Å². The van der Waals surface area contributed by atoms with E-state index in [1.165, 1.54) is 0 Å². The Hall–Kier alpha value is -4.20. The molecule has 0 saturated heterocycles. The fourth-order valence-corrected chi connectivity index (χ4v) is 5.10. The highest BCUT2D eigenvalue weighted by Gasteiger charge is 2.34. The molecule has 0 radical (unpaired) electrons. The first-order valence-electron chi connectivity index (χ1n) is 17.3. The average Bonchev–Trinajstić information content (AvgIpc) is 2.99. The molecule has 14 heteroatoms. The zero-order valence-electron chi connectivity index (χ0n) is 31.3. The van der Waals surface area contributed by atoms with Crippen molar-refractivity contribution in [2.45, 2.75) is 131 Å². The molecule has 6 amide bonds. The van der Waals surface area contributed by atoms with Gasteiger partial charge < -0.3 is 42.2 Å². The third kappa shape index (κ3) is 16.5. The van der Waals surface area contributed by atoms with E-state index in [4.69, 9.17) is 10.5 Å². The molecule has 8 N–H and O–H groups in total. The van der Waals surface area contributed by atoms with Gasteiger partial charge in [0.05, 0.1) is 18.6 Å². The number of nitrogens with one attached hydrogen (secondary N) is 5. The second-order valence-electron chi connectivity index (χ2n) is 15.0. The number of primary amides is 1. The van der Waals surface area contributed by atoms with Crippen molar-refractivity contribution in [2.75, 3.05) is 0 Å². The lowest BCUT2D eigenvalue weighted by Crippen LogP contribution is -2.58. The van der Waals surface area contributed by atoms with Crippen LogP contribution in [-0.2, 0) is 35.3 Å². The quantitative estimate of drug-likeness (QED) is 0.113. The Balaban J connectivity index is 3.02. The molecule has 0 heterocycles. The van der Waals surface area contributed by atoms with Gasteiger partial charge in [-0.1, -0.05) is 78.8 Å². The lowest BCUT2D eigenvalue weighted by molar-refractivity contribution is -0.134. The normalized spacial score (nSPS) is 15.2. The topological polar surface area (TPSA) is 218 Å². The van der Waals surface area contributed by atoms with Gasteiger partial charge in [0.2, 0.25) is 29.5 Å². The highest BCUT2D eigenvalue weighted by Crippen LogP contribution is 2.17. The van der Waals surface area contributed by atoms with Crippen molar-refractivity contribution in [3.05, 3.63) is 35.9 Å². The van der Waals surface area contributed by atoms with Crippen molar-refractivity contribution >= 4 is 35.6 Å². The van der Waals surface area contributed by atoms with Gasteiger partial charge in [0.25, 0.3) is 0 Å². The summed E-state index contributed by atoms with van der Waals surface area (Å²) in [6.07, 6.45) is -2.31. The van der Waals surface area contributed by atoms with E-state index in [1.807, 2.05) is 58.0 Å².